The second kappa shape index (κ2) is 7.63. The van der Waals surface area contributed by atoms with Gasteiger partial charge in [-0.1, -0.05) is 6.42 Å². The van der Waals surface area contributed by atoms with Gasteiger partial charge in [0.1, 0.15) is 10.7 Å². The number of carboxylic acid groups (broad SMARTS) is 1. The molecular formula is C20H20N2O5S. The fourth-order valence-corrected chi connectivity index (χ4v) is 4.81. The highest BCUT2D eigenvalue weighted by molar-refractivity contribution is 7.18. The molecule has 0 aliphatic heterocycles. The van der Waals surface area contributed by atoms with E-state index >= 15 is 0 Å². The van der Waals surface area contributed by atoms with Crippen LogP contribution in [0.1, 0.15) is 29.7 Å². The van der Waals surface area contributed by atoms with E-state index in [4.69, 9.17) is 19.6 Å². The Bertz CT molecular complexity index is 1100. The van der Waals surface area contributed by atoms with E-state index in [9.17, 15) is 9.59 Å². The average Bonchev–Trinajstić information content (AvgIpc) is 2.88. The number of hydrogen-bond donors (Lipinski definition) is 2. The van der Waals surface area contributed by atoms with Crippen LogP contribution in [0.5, 0.6) is 11.5 Å². The second-order valence-corrected chi connectivity index (χ2v) is 7.79. The number of nitrogens with one attached hydrogen (secondary N) is 1. The molecule has 2 aromatic heterocycles. The van der Waals surface area contributed by atoms with Crippen LogP contribution in [-0.4, -0.2) is 34.8 Å². The fourth-order valence-electron chi connectivity index (χ4n) is 3.55. The Hall–Kier alpha value is -2.87. The Labute approximate surface area is 165 Å². The van der Waals surface area contributed by atoms with Crippen LogP contribution in [0, 0.1) is 0 Å². The number of ether oxygens (including phenoxy) is 2. The minimum absolute atomic E-state index is 0.121. The molecule has 0 radical (unpaired) electrons. The first-order valence-electron chi connectivity index (χ1n) is 9.14. The predicted molar refractivity (Wildman–Crippen MR) is 107 cm³/mol. The van der Waals surface area contributed by atoms with Gasteiger partial charge in [0.2, 0.25) is 0 Å². The topological polar surface area (TPSA) is 102 Å². The van der Waals surface area contributed by atoms with Crippen molar-refractivity contribution in [3.63, 3.8) is 0 Å². The maximum Gasteiger partial charge on any atom is 0.341 e. The molecule has 0 fully saturated rings. The highest BCUT2D eigenvalue weighted by Gasteiger charge is 2.19. The summed E-state index contributed by atoms with van der Waals surface area (Å²) in [6.45, 7) is -0.461. The third kappa shape index (κ3) is 3.47. The van der Waals surface area contributed by atoms with Crippen molar-refractivity contribution in [3.8, 4) is 22.9 Å². The van der Waals surface area contributed by atoms with Gasteiger partial charge in [-0.05, 0) is 49.4 Å². The second-order valence-electron chi connectivity index (χ2n) is 6.71. The molecule has 7 nitrogen and oxygen atoms in total. The minimum atomic E-state index is -1.07. The smallest absolute Gasteiger partial charge is 0.341 e. The number of aliphatic carboxylic acids is 1. The number of H-pyrrole nitrogens is 1. The fraction of sp³-hybridized carbons (Fsp3) is 0.350. The minimum Gasteiger partial charge on any atom is -0.493 e. The molecule has 0 saturated carbocycles. The van der Waals surface area contributed by atoms with Crippen molar-refractivity contribution < 1.29 is 19.4 Å². The van der Waals surface area contributed by atoms with Gasteiger partial charge in [0.25, 0.3) is 5.56 Å². The molecule has 1 aliphatic carbocycles. The maximum absolute atomic E-state index is 12.8. The standard InChI is InChI=1S/C20H20N2O5S/c1-26-14-9-11(7-8-13(14)27-10-16(23)24)18-21-19(25)17-12-5-3-2-4-6-15(12)28-20(17)22-18/h7-9H,2-6,10H2,1H3,(H,23,24)(H,21,22,25). The first-order chi connectivity index (χ1) is 13.6. The number of rotatable bonds is 5. The molecule has 3 aromatic rings. The summed E-state index contributed by atoms with van der Waals surface area (Å²) in [5.41, 5.74) is 1.71. The summed E-state index contributed by atoms with van der Waals surface area (Å²) >= 11 is 1.61. The molecule has 0 atom stereocenters. The van der Waals surface area contributed by atoms with E-state index in [0.29, 0.717) is 22.9 Å². The van der Waals surface area contributed by atoms with Gasteiger partial charge in [0, 0.05) is 10.4 Å². The molecule has 146 valence electrons. The molecule has 28 heavy (non-hydrogen) atoms. The van der Waals surface area contributed by atoms with E-state index in [1.807, 2.05) is 0 Å². The highest BCUT2D eigenvalue weighted by atomic mass is 32.1. The quantitative estimate of drug-likeness (QED) is 0.637. The number of aromatic amines is 1. The van der Waals surface area contributed by atoms with Crippen LogP contribution in [0.15, 0.2) is 23.0 Å². The van der Waals surface area contributed by atoms with Crippen molar-refractivity contribution in [3.05, 3.63) is 39.0 Å². The van der Waals surface area contributed by atoms with E-state index in [0.717, 1.165) is 41.5 Å². The average molecular weight is 400 g/mol. The van der Waals surface area contributed by atoms with Crippen molar-refractivity contribution >= 4 is 27.5 Å². The number of thiophene rings is 1. The van der Waals surface area contributed by atoms with Crippen molar-refractivity contribution in [2.75, 3.05) is 13.7 Å². The summed E-state index contributed by atoms with van der Waals surface area (Å²) in [7, 11) is 1.47. The summed E-state index contributed by atoms with van der Waals surface area (Å²) in [5.74, 6) is 0.0837. The lowest BCUT2D eigenvalue weighted by atomic mass is 10.1. The van der Waals surface area contributed by atoms with Crippen molar-refractivity contribution in [1.82, 2.24) is 9.97 Å². The van der Waals surface area contributed by atoms with Gasteiger partial charge in [-0.25, -0.2) is 9.78 Å². The first kappa shape index (κ1) is 18.5. The summed E-state index contributed by atoms with van der Waals surface area (Å²) in [6.07, 6.45) is 5.40. The number of benzene rings is 1. The molecule has 8 heteroatoms. The number of aryl methyl sites for hydroxylation is 2. The van der Waals surface area contributed by atoms with E-state index in [1.54, 1.807) is 29.5 Å². The summed E-state index contributed by atoms with van der Waals surface area (Å²) in [6, 6.07) is 5.02. The molecule has 0 bridgehead atoms. The van der Waals surface area contributed by atoms with Crippen LogP contribution in [-0.2, 0) is 17.6 Å². The number of aromatic nitrogens is 2. The molecular weight excluding hydrogens is 380 g/mol. The van der Waals surface area contributed by atoms with Crippen LogP contribution in [0.3, 0.4) is 0 Å². The molecule has 1 aromatic carbocycles. The third-order valence-corrected chi connectivity index (χ3v) is 6.05. The number of carboxylic acids is 1. The number of hydrogen-bond acceptors (Lipinski definition) is 6. The molecule has 2 N–H and O–H groups in total. The van der Waals surface area contributed by atoms with Gasteiger partial charge in [-0.3, -0.25) is 4.79 Å². The zero-order valence-corrected chi connectivity index (χ0v) is 16.2. The summed E-state index contributed by atoms with van der Waals surface area (Å²) < 4.78 is 10.5. The van der Waals surface area contributed by atoms with Crippen molar-refractivity contribution in [2.24, 2.45) is 0 Å². The Kier molecular flexibility index (Phi) is 5.04. The van der Waals surface area contributed by atoms with E-state index < -0.39 is 12.6 Å². The number of methoxy groups -OCH3 is 1. The van der Waals surface area contributed by atoms with Gasteiger partial charge >= 0.3 is 5.97 Å². The first-order valence-corrected chi connectivity index (χ1v) is 9.96. The van der Waals surface area contributed by atoms with Crippen LogP contribution in [0.25, 0.3) is 21.6 Å². The SMILES string of the molecule is COc1cc(-c2nc3sc4c(c3c(=O)[nH]2)CCCCC4)ccc1OCC(=O)O. The van der Waals surface area contributed by atoms with E-state index in [2.05, 4.69) is 4.98 Å². The Morgan fingerprint density at radius 3 is 2.86 bits per heavy atom. The largest absolute Gasteiger partial charge is 0.493 e. The van der Waals surface area contributed by atoms with Crippen molar-refractivity contribution in [2.45, 2.75) is 32.1 Å². The van der Waals surface area contributed by atoms with Crippen molar-refractivity contribution in [1.29, 1.82) is 0 Å². The molecule has 0 spiro atoms. The van der Waals surface area contributed by atoms with E-state index in [-0.39, 0.29) is 5.56 Å². The number of nitrogens with zero attached hydrogens (tertiary/aromatic N) is 1. The van der Waals surface area contributed by atoms with Gasteiger partial charge in [0.05, 0.1) is 12.5 Å². The lowest BCUT2D eigenvalue weighted by Gasteiger charge is -2.10. The molecule has 1 aliphatic rings. The summed E-state index contributed by atoms with van der Waals surface area (Å²) in [5, 5.41) is 9.50. The summed E-state index contributed by atoms with van der Waals surface area (Å²) in [4.78, 5) is 33.1. The Morgan fingerprint density at radius 1 is 1.25 bits per heavy atom. The van der Waals surface area contributed by atoms with Crippen LogP contribution < -0.4 is 15.0 Å². The third-order valence-electron chi connectivity index (χ3n) is 4.86. The Morgan fingerprint density at radius 2 is 2.07 bits per heavy atom. The highest BCUT2D eigenvalue weighted by Crippen LogP contribution is 2.35. The molecule has 2 heterocycles. The lowest BCUT2D eigenvalue weighted by molar-refractivity contribution is -0.139. The van der Waals surface area contributed by atoms with Gasteiger partial charge < -0.3 is 19.6 Å². The zero-order valence-electron chi connectivity index (χ0n) is 15.4. The number of carbonyl (C=O) groups is 1. The van der Waals surface area contributed by atoms with Crippen LogP contribution in [0.2, 0.25) is 0 Å². The van der Waals surface area contributed by atoms with Crippen LogP contribution >= 0.6 is 11.3 Å². The normalized spacial score (nSPS) is 13.8. The molecule has 0 unspecified atom stereocenters. The van der Waals surface area contributed by atoms with Gasteiger partial charge in [-0.2, -0.15) is 0 Å². The molecule has 0 amide bonds. The zero-order chi connectivity index (χ0) is 19.7. The van der Waals surface area contributed by atoms with Crippen LogP contribution in [0.4, 0.5) is 0 Å². The number of fused-ring (bicyclic) bond motifs is 3. The van der Waals surface area contributed by atoms with Gasteiger partial charge in [0.15, 0.2) is 18.1 Å². The predicted octanol–water partition coefficient (Wildman–Crippen LogP) is 3.39. The lowest BCUT2D eigenvalue weighted by Crippen LogP contribution is -2.11. The maximum atomic E-state index is 12.8. The Balaban J connectivity index is 1.75. The molecule has 4 rings (SSSR count). The van der Waals surface area contributed by atoms with E-state index in [1.165, 1.54) is 18.4 Å². The van der Waals surface area contributed by atoms with Gasteiger partial charge in [-0.15, -0.1) is 11.3 Å². The molecule has 0 saturated heterocycles. The monoisotopic (exact) mass is 400 g/mol.